The smallest absolute Gasteiger partial charge is 0.238 e. The second-order valence-electron chi connectivity index (χ2n) is 4.52. The fourth-order valence-corrected chi connectivity index (χ4v) is 1.54. The van der Waals surface area contributed by atoms with Crippen LogP contribution in [-0.4, -0.2) is 30.4 Å². The lowest BCUT2D eigenvalue weighted by Gasteiger charge is -2.18. The Hall–Kier alpha value is -1.86. The van der Waals surface area contributed by atoms with Crippen molar-refractivity contribution in [2.45, 2.75) is 26.8 Å². The van der Waals surface area contributed by atoms with Crippen molar-refractivity contribution in [2.75, 3.05) is 18.9 Å². The quantitative estimate of drug-likeness (QED) is 0.883. The van der Waals surface area contributed by atoms with E-state index in [0.717, 1.165) is 16.8 Å². The van der Waals surface area contributed by atoms with Gasteiger partial charge >= 0.3 is 0 Å². The predicted molar refractivity (Wildman–Crippen MR) is 72.3 cm³/mol. The lowest BCUT2D eigenvalue weighted by atomic mass is 10.1. The van der Waals surface area contributed by atoms with Gasteiger partial charge in [-0.05, 0) is 45.0 Å². The first-order chi connectivity index (χ1) is 8.45. The molecule has 18 heavy (non-hydrogen) atoms. The van der Waals surface area contributed by atoms with Gasteiger partial charge in [0.05, 0.1) is 18.7 Å². The fraction of sp³-hybridized carbons (Fsp3) is 0.429. The van der Waals surface area contributed by atoms with Crippen molar-refractivity contribution >= 4 is 11.6 Å². The standard InChI is InChI=1S/C14H19N3O/c1-10-6-5-7-13(12(10)3)16-14(18)9-17(4)11(2)8-15/h5-7,11H,9H2,1-4H3,(H,16,18)/t11-/m1/s1. The highest BCUT2D eigenvalue weighted by molar-refractivity contribution is 5.93. The van der Waals surface area contributed by atoms with Gasteiger partial charge in [-0.3, -0.25) is 9.69 Å². The fourth-order valence-electron chi connectivity index (χ4n) is 1.54. The molecule has 0 aromatic heterocycles. The van der Waals surface area contributed by atoms with E-state index in [1.807, 2.05) is 32.0 Å². The van der Waals surface area contributed by atoms with Gasteiger partial charge in [0.2, 0.25) is 5.91 Å². The molecule has 96 valence electrons. The van der Waals surface area contributed by atoms with E-state index in [9.17, 15) is 4.79 Å². The van der Waals surface area contributed by atoms with Gasteiger partial charge < -0.3 is 5.32 Å². The molecule has 0 bridgehead atoms. The van der Waals surface area contributed by atoms with Crippen LogP contribution < -0.4 is 5.32 Å². The van der Waals surface area contributed by atoms with Crippen molar-refractivity contribution in [1.82, 2.24) is 4.90 Å². The summed E-state index contributed by atoms with van der Waals surface area (Å²) in [6.45, 7) is 5.97. The molecule has 0 radical (unpaired) electrons. The minimum atomic E-state index is -0.269. The van der Waals surface area contributed by atoms with E-state index >= 15 is 0 Å². The Labute approximate surface area is 108 Å². The van der Waals surface area contributed by atoms with E-state index in [-0.39, 0.29) is 18.5 Å². The molecule has 4 heteroatoms. The van der Waals surface area contributed by atoms with Crippen LogP contribution in [0.3, 0.4) is 0 Å². The average molecular weight is 245 g/mol. The molecule has 0 unspecified atom stereocenters. The van der Waals surface area contributed by atoms with Gasteiger partial charge in [0.1, 0.15) is 0 Å². The second-order valence-corrected chi connectivity index (χ2v) is 4.52. The van der Waals surface area contributed by atoms with Gasteiger partial charge in [-0.2, -0.15) is 5.26 Å². The van der Waals surface area contributed by atoms with Gasteiger partial charge in [0.15, 0.2) is 0 Å². The van der Waals surface area contributed by atoms with Crippen LogP contribution in [0.5, 0.6) is 0 Å². The van der Waals surface area contributed by atoms with E-state index in [4.69, 9.17) is 5.26 Å². The molecule has 1 atom stereocenters. The maximum Gasteiger partial charge on any atom is 0.238 e. The minimum absolute atomic E-state index is 0.103. The molecule has 1 aromatic carbocycles. The number of amides is 1. The number of carbonyl (C=O) groups is 1. The van der Waals surface area contributed by atoms with E-state index in [0.29, 0.717) is 0 Å². The molecule has 1 amide bonds. The summed E-state index contributed by atoms with van der Waals surface area (Å²) in [6.07, 6.45) is 0. The first-order valence-corrected chi connectivity index (χ1v) is 5.91. The van der Waals surface area contributed by atoms with Crippen LogP contribution in [0.2, 0.25) is 0 Å². The zero-order chi connectivity index (χ0) is 13.7. The number of nitrogens with one attached hydrogen (secondary N) is 1. The number of nitrogens with zero attached hydrogens (tertiary/aromatic N) is 2. The zero-order valence-electron chi connectivity index (χ0n) is 11.3. The van der Waals surface area contributed by atoms with Gasteiger partial charge in [0, 0.05) is 5.69 Å². The lowest BCUT2D eigenvalue weighted by molar-refractivity contribution is -0.117. The van der Waals surface area contributed by atoms with Gasteiger partial charge in [-0.25, -0.2) is 0 Å². The molecule has 4 nitrogen and oxygen atoms in total. The molecular weight excluding hydrogens is 226 g/mol. The van der Waals surface area contributed by atoms with Crippen LogP contribution in [0.15, 0.2) is 18.2 Å². The van der Waals surface area contributed by atoms with E-state index in [1.54, 1.807) is 18.9 Å². The summed E-state index contributed by atoms with van der Waals surface area (Å²) < 4.78 is 0. The number of likely N-dealkylation sites (N-methyl/N-ethyl adjacent to an activating group) is 1. The summed E-state index contributed by atoms with van der Waals surface area (Å²) in [6, 6.07) is 7.64. The molecule has 1 N–H and O–H groups in total. The van der Waals surface area contributed by atoms with Gasteiger partial charge in [0.25, 0.3) is 0 Å². The Morgan fingerprint density at radius 3 is 2.78 bits per heavy atom. The Kier molecular flexibility index (Phi) is 4.87. The number of anilines is 1. The Morgan fingerprint density at radius 2 is 2.17 bits per heavy atom. The number of hydrogen-bond donors (Lipinski definition) is 1. The maximum absolute atomic E-state index is 11.8. The molecule has 0 saturated carbocycles. The van der Waals surface area contributed by atoms with Crippen molar-refractivity contribution < 1.29 is 4.79 Å². The van der Waals surface area contributed by atoms with Gasteiger partial charge in [-0.15, -0.1) is 0 Å². The highest BCUT2D eigenvalue weighted by Crippen LogP contribution is 2.17. The van der Waals surface area contributed by atoms with Crippen molar-refractivity contribution in [2.24, 2.45) is 0 Å². The molecule has 0 aliphatic heterocycles. The molecule has 1 rings (SSSR count). The summed E-state index contributed by atoms with van der Waals surface area (Å²) in [5, 5.41) is 11.6. The third-order valence-corrected chi connectivity index (χ3v) is 3.12. The highest BCUT2D eigenvalue weighted by atomic mass is 16.2. The van der Waals surface area contributed by atoms with Crippen molar-refractivity contribution in [3.63, 3.8) is 0 Å². The first kappa shape index (κ1) is 14.2. The van der Waals surface area contributed by atoms with Crippen LogP contribution in [0.1, 0.15) is 18.1 Å². The summed E-state index contributed by atoms with van der Waals surface area (Å²) in [5.74, 6) is -0.103. The number of nitriles is 1. The van der Waals surface area contributed by atoms with Gasteiger partial charge in [-0.1, -0.05) is 12.1 Å². The van der Waals surface area contributed by atoms with E-state index in [2.05, 4.69) is 11.4 Å². The number of hydrogen-bond acceptors (Lipinski definition) is 3. The minimum Gasteiger partial charge on any atom is -0.325 e. The SMILES string of the molecule is Cc1cccc(NC(=O)CN(C)[C@H](C)C#N)c1C. The summed E-state index contributed by atoms with van der Waals surface area (Å²) in [5.41, 5.74) is 3.05. The maximum atomic E-state index is 11.8. The summed E-state index contributed by atoms with van der Waals surface area (Å²) in [4.78, 5) is 13.6. The van der Waals surface area contributed by atoms with Crippen LogP contribution in [0.25, 0.3) is 0 Å². The molecule has 0 fully saturated rings. The number of aryl methyl sites for hydroxylation is 1. The Bertz CT molecular complexity index is 476. The molecule has 0 aliphatic carbocycles. The first-order valence-electron chi connectivity index (χ1n) is 5.91. The van der Waals surface area contributed by atoms with Crippen LogP contribution >= 0.6 is 0 Å². The Morgan fingerprint density at radius 1 is 1.50 bits per heavy atom. The zero-order valence-corrected chi connectivity index (χ0v) is 11.3. The molecule has 1 aromatic rings. The number of carbonyl (C=O) groups excluding carboxylic acids is 1. The van der Waals surface area contributed by atoms with Crippen molar-refractivity contribution in [3.8, 4) is 6.07 Å². The van der Waals surface area contributed by atoms with Crippen LogP contribution in [0.4, 0.5) is 5.69 Å². The summed E-state index contributed by atoms with van der Waals surface area (Å²) in [7, 11) is 1.76. The highest BCUT2D eigenvalue weighted by Gasteiger charge is 2.13. The van der Waals surface area contributed by atoms with Crippen molar-refractivity contribution in [1.29, 1.82) is 5.26 Å². The van der Waals surface area contributed by atoms with Crippen molar-refractivity contribution in [3.05, 3.63) is 29.3 Å². The lowest BCUT2D eigenvalue weighted by Crippen LogP contribution is -2.35. The molecule has 0 spiro atoms. The average Bonchev–Trinajstić information content (AvgIpc) is 2.33. The largest absolute Gasteiger partial charge is 0.325 e. The molecular formula is C14H19N3O. The molecule has 0 heterocycles. The molecule has 0 aliphatic rings. The number of benzene rings is 1. The van der Waals surface area contributed by atoms with E-state index < -0.39 is 0 Å². The van der Waals surface area contributed by atoms with E-state index in [1.165, 1.54) is 0 Å². The van der Waals surface area contributed by atoms with Crippen LogP contribution in [-0.2, 0) is 4.79 Å². The topological polar surface area (TPSA) is 56.1 Å². The Balaban J connectivity index is 2.66. The monoisotopic (exact) mass is 245 g/mol. The normalized spacial score (nSPS) is 12.0. The third kappa shape index (κ3) is 3.57. The third-order valence-electron chi connectivity index (χ3n) is 3.12. The summed E-state index contributed by atoms with van der Waals surface area (Å²) >= 11 is 0. The predicted octanol–water partition coefficient (Wildman–Crippen LogP) is 2.09. The molecule has 0 saturated heterocycles. The second kappa shape index (κ2) is 6.18. The van der Waals surface area contributed by atoms with Crippen LogP contribution in [0, 0.1) is 25.2 Å². The number of rotatable bonds is 4.